The molecule has 0 radical (unpaired) electrons. The average Bonchev–Trinajstić information content (AvgIpc) is 3.22. The number of aromatic nitrogens is 3. The van der Waals surface area contributed by atoms with Gasteiger partial charge in [0.15, 0.2) is 5.65 Å². The van der Waals surface area contributed by atoms with E-state index in [2.05, 4.69) is 69.4 Å². The van der Waals surface area contributed by atoms with Crippen LogP contribution in [0.15, 0.2) is 91.4 Å². The first kappa shape index (κ1) is 19.8. The summed E-state index contributed by atoms with van der Waals surface area (Å²) in [6, 6.07) is 26.7. The standard InChI is InChI=1S/C27H24N4O/c1-3-32-24-12-8-7-11-23(24)30-26-25-22(20-9-5-4-6-10-20)17-31(27(25)29-18-28-26)21-15-13-19(2)14-16-21/h4-18H,3H2,1-2H3,(H,28,29,30). The summed E-state index contributed by atoms with van der Waals surface area (Å²) in [5.74, 6) is 1.54. The van der Waals surface area contributed by atoms with Crippen molar-refractivity contribution in [1.82, 2.24) is 14.5 Å². The number of ether oxygens (including phenoxy) is 1. The molecule has 0 aliphatic rings. The summed E-state index contributed by atoms with van der Waals surface area (Å²) < 4.78 is 7.93. The van der Waals surface area contributed by atoms with Gasteiger partial charge in [0.2, 0.25) is 0 Å². The number of hydrogen-bond donors (Lipinski definition) is 1. The van der Waals surface area contributed by atoms with E-state index in [4.69, 9.17) is 4.74 Å². The van der Waals surface area contributed by atoms with Gasteiger partial charge in [-0.1, -0.05) is 60.2 Å². The zero-order valence-electron chi connectivity index (χ0n) is 18.1. The molecule has 0 aliphatic carbocycles. The van der Waals surface area contributed by atoms with Crippen molar-refractivity contribution in [2.45, 2.75) is 13.8 Å². The van der Waals surface area contributed by atoms with Crippen LogP contribution in [0.2, 0.25) is 0 Å². The van der Waals surface area contributed by atoms with Crippen molar-refractivity contribution >= 4 is 22.5 Å². The van der Waals surface area contributed by atoms with E-state index in [1.165, 1.54) is 5.56 Å². The molecule has 0 saturated carbocycles. The highest BCUT2D eigenvalue weighted by Crippen LogP contribution is 2.37. The van der Waals surface area contributed by atoms with E-state index >= 15 is 0 Å². The lowest BCUT2D eigenvalue weighted by molar-refractivity contribution is 0.342. The van der Waals surface area contributed by atoms with E-state index in [1.807, 2.05) is 49.4 Å². The fraction of sp³-hybridized carbons (Fsp3) is 0.111. The third-order valence-electron chi connectivity index (χ3n) is 5.42. The van der Waals surface area contributed by atoms with Crippen LogP contribution < -0.4 is 10.1 Å². The first-order valence-corrected chi connectivity index (χ1v) is 10.7. The lowest BCUT2D eigenvalue weighted by Crippen LogP contribution is -2.01. The maximum Gasteiger partial charge on any atom is 0.150 e. The summed E-state index contributed by atoms with van der Waals surface area (Å²) in [6.07, 6.45) is 3.74. The summed E-state index contributed by atoms with van der Waals surface area (Å²) in [6.45, 7) is 4.67. The number of para-hydroxylation sites is 2. The summed E-state index contributed by atoms with van der Waals surface area (Å²) >= 11 is 0. The van der Waals surface area contributed by atoms with Gasteiger partial charge in [-0.05, 0) is 43.7 Å². The molecule has 1 N–H and O–H groups in total. The van der Waals surface area contributed by atoms with Crippen molar-refractivity contribution in [1.29, 1.82) is 0 Å². The fourth-order valence-corrected chi connectivity index (χ4v) is 3.87. The molecule has 0 amide bonds. The van der Waals surface area contributed by atoms with Gasteiger partial charge in [-0.25, -0.2) is 9.97 Å². The van der Waals surface area contributed by atoms with E-state index < -0.39 is 0 Å². The van der Waals surface area contributed by atoms with Gasteiger partial charge in [0, 0.05) is 17.4 Å². The molecular formula is C27H24N4O. The largest absolute Gasteiger partial charge is 0.492 e. The highest BCUT2D eigenvalue weighted by atomic mass is 16.5. The molecule has 0 bridgehead atoms. The van der Waals surface area contributed by atoms with Crippen LogP contribution in [0.25, 0.3) is 27.8 Å². The minimum Gasteiger partial charge on any atom is -0.492 e. The highest BCUT2D eigenvalue weighted by Gasteiger charge is 2.18. The Hall–Kier alpha value is -4.12. The van der Waals surface area contributed by atoms with Gasteiger partial charge in [0.1, 0.15) is 17.9 Å². The number of aryl methyl sites for hydroxylation is 1. The van der Waals surface area contributed by atoms with Gasteiger partial charge in [-0.15, -0.1) is 0 Å². The molecule has 5 heteroatoms. The fourth-order valence-electron chi connectivity index (χ4n) is 3.87. The van der Waals surface area contributed by atoms with Gasteiger partial charge in [0.25, 0.3) is 0 Å². The van der Waals surface area contributed by atoms with Crippen LogP contribution in [0.1, 0.15) is 12.5 Å². The SMILES string of the molecule is CCOc1ccccc1Nc1ncnc2c1c(-c1ccccc1)cn2-c1ccc(C)cc1. The molecule has 3 aromatic carbocycles. The second kappa shape index (κ2) is 8.55. The molecular weight excluding hydrogens is 396 g/mol. The van der Waals surface area contributed by atoms with Crippen LogP contribution in [0.3, 0.4) is 0 Å². The molecule has 32 heavy (non-hydrogen) atoms. The van der Waals surface area contributed by atoms with Crippen LogP contribution in [0, 0.1) is 6.92 Å². The zero-order chi connectivity index (χ0) is 21.9. The van der Waals surface area contributed by atoms with Gasteiger partial charge >= 0.3 is 0 Å². The topological polar surface area (TPSA) is 52.0 Å². The molecule has 0 atom stereocenters. The number of rotatable bonds is 6. The number of nitrogens with zero attached hydrogens (tertiary/aromatic N) is 3. The summed E-state index contributed by atoms with van der Waals surface area (Å²) in [5, 5.41) is 4.46. The molecule has 0 aliphatic heterocycles. The Morgan fingerprint density at radius 2 is 1.62 bits per heavy atom. The Labute approximate surface area is 187 Å². The normalized spacial score (nSPS) is 10.9. The number of anilines is 2. The number of fused-ring (bicyclic) bond motifs is 1. The first-order valence-electron chi connectivity index (χ1n) is 10.7. The van der Waals surface area contributed by atoms with Crippen molar-refractivity contribution in [3.05, 3.63) is 97.0 Å². The van der Waals surface area contributed by atoms with E-state index in [0.29, 0.717) is 6.61 Å². The number of hydrogen-bond acceptors (Lipinski definition) is 4. The molecule has 5 rings (SSSR count). The minimum atomic E-state index is 0.594. The monoisotopic (exact) mass is 420 g/mol. The molecule has 0 spiro atoms. The number of benzene rings is 3. The van der Waals surface area contributed by atoms with Gasteiger partial charge in [-0.2, -0.15) is 0 Å². The molecule has 158 valence electrons. The van der Waals surface area contributed by atoms with E-state index in [0.717, 1.165) is 45.1 Å². The third kappa shape index (κ3) is 3.69. The van der Waals surface area contributed by atoms with Crippen LogP contribution >= 0.6 is 0 Å². The number of nitrogens with one attached hydrogen (secondary N) is 1. The zero-order valence-corrected chi connectivity index (χ0v) is 18.1. The molecule has 5 nitrogen and oxygen atoms in total. The summed E-state index contributed by atoms with van der Waals surface area (Å²) in [4.78, 5) is 9.29. The Morgan fingerprint density at radius 3 is 2.41 bits per heavy atom. The predicted octanol–water partition coefficient (Wildman–Crippen LogP) is 6.54. The molecule has 5 aromatic rings. The second-order valence-corrected chi connectivity index (χ2v) is 7.59. The van der Waals surface area contributed by atoms with E-state index in [-0.39, 0.29) is 0 Å². The van der Waals surface area contributed by atoms with Crippen molar-refractivity contribution in [2.24, 2.45) is 0 Å². The third-order valence-corrected chi connectivity index (χ3v) is 5.42. The molecule has 0 fully saturated rings. The Morgan fingerprint density at radius 1 is 0.875 bits per heavy atom. The van der Waals surface area contributed by atoms with Crippen LogP contribution in [0.5, 0.6) is 5.75 Å². The van der Waals surface area contributed by atoms with Crippen molar-refractivity contribution in [3.63, 3.8) is 0 Å². The van der Waals surface area contributed by atoms with Crippen molar-refractivity contribution in [2.75, 3.05) is 11.9 Å². The average molecular weight is 421 g/mol. The van der Waals surface area contributed by atoms with Gasteiger partial charge in [-0.3, -0.25) is 0 Å². The Balaban J connectivity index is 1.72. The van der Waals surface area contributed by atoms with Crippen LogP contribution in [-0.2, 0) is 0 Å². The van der Waals surface area contributed by atoms with Crippen LogP contribution in [0.4, 0.5) is 11.5 Å². The summed E-state index contributed by atoms with van der Waals surface area (Å²) in [5.41, 5.74) is 6.17. The lowest BCUT2D eigenvalue weighted by atomic mass is 10.1. The molecule has 0 unspecified atom stereocenters. The van der Waals surface area contributed by atoms with Crippen LogP contribution in [-0.4, -0.2) is 21.1 Å². The van der Waals surface area contributed by atoms with Gasteiger partial charge < -0.3 is 14.6 Å². The van der Waals surface area contributed by atoms with Crippen molar-refractivity contribution < 1.29 is 4.74 Å². The minimum absolute atomic E-state index is 0.594. The Kier molecular flexibility index (Phi) is 5.30. The maximum atomic E-state index is 5.81. The van der Waals surface area contributed by atoms with Gasteiger partial charge in [0.05, 0.1) is 17.7 Å². The van der Waals surface area contributed by atoms with E-state index in [9.17, 15) is 0 Å². The maximum absolute atomic E-state index is 5.81. The Bertz CT molecular complexity index is 1360. The first-order chi connectivity index (χ1) is 15.7. The second-order valence-electron chi connectivity index (χ2n) is 7.59. The quantitative estimate of drug-likeness (QED) is 0.339. The highest BCUT2D eigenvalue weighted by molar-refractivity contribution is 6.03. The molecule has 2 aromatic heterocycles. The smallest absolute Gasteiger partial charge is 0.150 e. The molecule has 0 saturated heterocycles. The summed E-state index contributed by atoms with van der Waals surface area (Å²) in [7, 11) is 0. The predicted molar refractivity (Wildman–Crippen MR) is 130 cm³/mol. The lowest BCUT2D eigenvalue weighted by Gasteiger charge is -2.13. The molecule has 2 heterocycles. The van der Waals surface area contributed by atoms with E-state index in [1.54, 1.807) is 6.33 Å². The van der Waals surface area contributed by atoms with Crippen molar-refractivity contribution in [3.8, 4) is 22.6 Å².